The van der Waals surface area contributed by atoms with Crippen molar-refractivity contribution in [3.8, 4) is 0 Å². The molecule has 0 aromatic heterocycles. The molecule has 5 atom stereocenters. The SMILES string of the molecule is CC/C=C\C/C=C\C/C=C\C/C=C\CCCCCCCCC(=O)OC(COC(=O)CCCCCCCCCCCCCCCCCCC/C=C\C/C=C\C/C=C\C/C=C\CCCCC)COP(=O)(O)OCC(O)COP(=O)(O)OCC(O)COC(=O)CCCCCCCCCCCCCCCCCCCCC/C=C\C/C=C\C/C=C\C/C=C\CCCCC. The van der Waals surface area contributed by atoms with Crippen LogP contribution in [0.25, 0.3) is 0 Å². The summed E-state index contributed by atoms with van der Waals surface area (Å²) in [4.78, 5) is 59.1. The molecule has 0 bridgehead atoms. The van der Waals surface area contributed by atoms with Gasteiger partial charge in [-0.25, -0.2) is 9.13 Å². The third kappa shape index (κ3) is 97.9. The first kappa shape index (κ1) is 118. The van der Waals surface area contributed by atoms with Gasteiger partial charge in [-0.1, -0.05) is 423 Å². The average molecular weight is 1760 g/mol. The topological polar surface area (TPSA) is 231 Å². The highest BCUT2D eigenvalue weighted by Gasteiger charge is 2.30. The van der Waals surface area contributed by atoms with Crippen LogP contribution < -0.4 is 0 Å². The van der Waals surface area contributed by atoms with Gasteiger partial charge in [0.2, 0.25) is 0 Å². The van der Waals surface area contributed by atoms with Crippen molar-refractivity contribution >= 4 is 33.6 Å². The van der Waals surface area contributed by atoms with Gasteiger partial charge in [-0.2, -0.15) is 0 Å². The first-order chi connectivity index (χ1) is 60.2. The Balaban J connectivity index is 4.48. The maximum atomic E-state index is 13.1. The van der Waals surface area contributed by atoms with Gasteiger partial charge in [0.15, 0.2) is 6.10 Å². The van der Waals surface area contributed by atoms with Gasteiger partial charge < -0.3 is 34.2 Å². The van der Waals surface area contributed by atoms with Crippen molar-refractivity contribution in [1.82, 2.24) is 0 Å². The van der Waals surface area contributed by atoms with Gasteiger partial charge in [0, 0.05) is 19.3 Å². The molecule has 0 spiro atoms. The smallest absolute Gasteiger partial charge is 0.463 e. The lowest BCUT2D eigenvalue weighted by Crippen LogP contribution is -2.30. The van der Waals surface area contributed by atoms with Crippen LogP contribution in [0.3, 0.4) is 0 Å². The molecular weight excluding hydrogens is 1580 g/mol. The summed E-state index contributed by atoms with van der Waals surface area (Å²) < 4.78 is 61.6. The van der Waals surface area contributed by atoms with Gasteiger partial charge in [0.1, 0.15) is 25.4 Å². The number of aliphatic hydroxyl groups excluding tert-OH is 2. The molecule has 0 heterocycles. The van der Waals surface area contributed by atoms with Crippen molar-refractivity contribution in [3.63, 3.8) is 0 Å². The summed E-state index contributed by atoms with van der Waals surface area (Å²) in [6, 6.07) is 0. The van der Waals surface area contributed by atoms with Crippen molar-refractivity contribution in [3.05, 3.63) is 146 Å². The number of allylic oxidation sites excluding steroid dienone is 24. The zero-order valence-electron chi connectivity index (χ0n) is 78.6. The molecule has 5 unspecified atom stereocenters. The van der Waals surface area contributed by atoms with Crippen LogP contribution in [-0.2, 0) is 55.8 Å². The van der Waals surface area contributed by atoms with Gasteiger partial charge in [0.25, 0.3) is 0 Å². The van der Waals surface area contributed by atoms with Crippen LogP contribution in [0.15, 0.2) is 146 Å². The first-order valence-corrected chi connectivity index (χ1v) is 53.1. The summed E-state index contributed by atoms with van der Waals surface area (Å²) in [6.45, 7) is 2.57. The van der Waals surface area contributed by atoms with Crippen molar-refractivity contribution < 1.29 is 75.8 Å². The van der Waals surface area contributed by atoms with E-state index in [-0.39, 0.29) is 19.3 Å². The molecule has 18 heteroatoms. The van der Waals surface area contributed by atoms with Crippen LogP contribution in [0, 0.1) is 0 Å². The van der Waals surface area contributed by atoms with E-state index in [9.17, 15) is 43.5 Å². The lowest BCUT2D eigenvalue weighted by Gasteiger charge is -2.21. The van der Waals surface area contributed by atoms with Crippen LogP contribution in [0.2, 0.25) is 0 Å². The van der Waals surface area contributed by atoms with E-state index in [0.717, 1.165) is 141 Å². The van der Waals surface area contributed by atoms with E-state index < -0.39 is 91.5 Å². The highest BCUT2D eigenvalue weighted by Crippen LogP contribution is 2.45. The third-order valence-electron chi connectivity index (χ3n) is 21.5. The molecule has 0 aliphatic rings. The summed E-state index contributed by atoms with van der Waals surface area (Å²) in [6.07, 6.45) is 123. The van der Waals surface area contributed by atoms with Gasteiger partial charge in [-0.15, -0.1) is 0 Å². The Labute approximate surface area is 753 Å². The second-order valence-corrected chi connectivity index (χ2v) is 36.5. The van der Waals surface area contributed by atoms with E-state index in [1.54, 1.807) is 0 Å². The molecule has 0 aliphatic heterocycles. The summed E-state index contributed by atoms with van der Waals surface area (Å²) in [5.74, 6) is -1.57. The fourth-order valence-corrected chi connectivity index (χ4v) is 15.5. The van der Waals surface area contributed by atoms with Crippen LogP contribution in [0.4, 0.5) is 0 Å². The van der Waals surface area contributed by atoms with E-state index in [4.69, 9.17) is 32.3 Å². The van der Waals surface area contributed by atoms with Crippen molar-refractivity contribution in [2.75, 3.05) is 39.6 Å². The number of phosphoric acid groups is 2. The molecule has 0 fully saturated rings. The quantitative estimate of drug-likeness (QED) is 0.0146. The number of ether oxygens (including phenoxy) is 3. The van der Waals surface area contributed by atoms with Gasteiger partial charge in [0.05, 0.1) is 26.4 Å². The van der Waals surface area contributed by atoms with E-state index in [1.165, 1.54) is 244 Å². The zero-order valence-corrected chi connectivity index (χ0v) is 80.4. The van der Waals surface area contributed by atoms with Crippen LogP contribution >= 0.6 is 15.6 Å². The number of carbonyl (C=O) groups is 3. The molecule has 0 saturated carbocycles. The van der Waals surface area contributed by atoms with E-state index in [2.05, 4.69) is 167 Å². The Hall–Kier alpha value is -4.57. The van der Waals surface area contributed by atoms with Crippen LogP contribution in [0.5, 0.6) is 0 Å². The fraction of sp³-hybridized carbons (Fsp3) is 0.743. The molecular formula is C105H184O16P2. The summed E-state index contributed by atoms with van der Waals surface area (Å²) in [5, 5.41) is 20.8. The summed E-state index contributed by atoms with van der Waals surface area (Å²) in [7, 11) is -9.81. The molecule has 0 radical (unpaired) electrons. The Morgan fingerprint density at radius 2 is 0.431 bits per heavy atom. The predicted molar refractivity (Wildman–Crippen MR) is 519 cm³/mol. The lowest BCUT2D eigenvalue weighted by molar-refractivity contribution is -0.161. The molecule has 0 amide bonds. The third-order valence-corrected chi connectivity index (χ3v) is 23.4. The lowest BCUT2D eigenvalue weighted by atomic mass is 10.0. The molecule has 0 rings (SSSR count). The van der Waals surface area contributed by atoms with Gasteiger partial charge >= 0.3 is 33.6 Å². The number of esters is 3. The molecule has 710 valence electrons. The van der Waals surface area contributed by atoms with Gasteiger partial charge in [-0.05, 0) is 148 Å². The largest absolute Gasteiger partial charge is 0.472 e. The van der Waals surface area contributed by atoms with Crippen molar-refractivity contribution in [2.45, 2.75) is 463 Å². The monoisotopic (exact) mass is 1760 g/mol. The summed E-state index contributed by atoms with van der Waals surface area (Å²) >= 11 is 0. The standard InChI is InChI=1S/C105H184O16P2/c1-4-7-10-13-16-19-22-25-28-31-34-36-38-40-42-44-46-48-49-51-53-54-56-58-60-62-65-67-70-73-76-79-82-85-88-91-103(108)115-94-100(106)95-117-122(111,112)118-96-101(107)97-119-123(113,114)120-99-102(121-105(110)93-90-87-84-81-78-75-72-69-64-33-30-27-24-21-18-15-12-9-6-3)98-116-104(109)92-89-86-83-80-77-74-71-68-66-63-61-59-57-55-52-50-47-45-43-41-39-37-35-32-29-26-23-20-17-14-11-8-5-2/h9,12,16-21,25-30,34-37,40-43,64,69,100-102,106-107H,4-8,10-11,13-15,22-24,31-33,38-39,44-63,65-68,70-99H2,1-3H3,(H,111,112)(H,113,114)/b12-9-,19-16-,20-17-,21-18-,28-25-,29-26-,30-27-,36-34-,37-35-,42-40-,43-41-,69-64-. The number of carbonyl (C=O) groups excluding carboxylic acids is 3. The van der Waals surface area contributed by atoms with E-state index in [0.29, 0.717) is 19.3 Å². The average Bonchev–Trinajstić information content (AvgIpc) is 0.930. The number of hydrogen-bond acceptors (Lipinski definition) is 14. The number of hydrogen-bond donors (Lipinski definition) is 4. The number of rotatable bonds is 95. The number of phosphoric ester groups is 2. The highest BCUT2D eigenvalue weighted by molar-refractivity contribution is 7.47. The first-order valence-electron chi connectivity index (χ1n) is 50.1. The number of unbranched alkanes of at least 4 members (excludes halogenated alkanes) is 48. The van der Waals surface area contributed by atoms with Crippen LogP contribution in [0.1, 0.15) is 445 Å². The minimum atomic E-state index is -4.95. The molecule has 123 heavy (non-hydrogen) atoms. The maximum absolute atomic E-state index is 13.1. The molecule has 0 aromatic rings. The zero-order chi connectivity index (χ0) is 89.3. The Kier molecular flexibility index (Phi) is 92.9. The minimum Gasteiger partial charge on any atom is -0.463 e. The Morgan fingerprint density at radius 1 is 0.236 bits per heavy atom. The van der Waals surface area contributed by atoms with Crippen molar-refractivity contribution in [2.24, 2.45) is 0 Å². The molecule has 4 N–H and O–H groups in total. The minimum absolute atomic E-state index is 0.0876. The van der Waals surface area contributed by atoms with E-state index >= 15 is 0 Å². The van der Waals surface area contributed by atoms with Crippen molar-refractivity contribution in [1.29, 1.82) is 0 Å². The Bertz CT molecular complexity index is 2820. The number of aliphatic hydroxyl groups is 2. The maximum Gasteiger partial charge on any atom is 0.472 e. The van der Waals surface area contributed by atoms with Crippen LogP contribution in [-0.4, -0.2) is 95.9 Å². The second-order valence-electron chi connectivity index (χ2n) is 33.5. The molecule has 0 aromatic carbocycles. The molecule has 16 nitrogen and oxygen atoms in total. The molecule has 0 saturated heterocycles. The second kappa shape index (κ2) is 96.5. The normalized spacial score (nSPS) is 14.3. The fourth-order valence-electron chi connectivity index (χ4n) is 13.9. The predicted octanol–water partition coefficient (Wildman–Crippen LogP) is 31.5. The van der Waals surface area contributed by atoms with Gasteiger partial charge in [-0.3, -0.25) is 32.5 Å². The Morgan fingerprint density at radius 3 is 0.683 bits per heavy atom. The summed E-state index contributed by atoms with van der Waals surface area (Å²) in [5.41, 5.74) is 0. The molecule has 0 aliphatic carbocycles. The van der Waals surface area contributed by atoms with E-state index in [1.807, 2.05) is 0 Å². The highest BCUT2D eigenvalue weighted by atomic mass is 31.2.